The standard InChI is InChI=1S/C9H10N2O3/c1-6(12)11-7-2-4-8(5-3-7)14-9(10)13/h2-5H,1H3,(H2,10,13)(H,11,12). The van der Waals surface area contributed by atoms with E-state index in [-0.39, 0.29) is 5.91 Å². The van der Waals surface area contributed by atoms with Crippen molar-refractivity contribution in [1.82, 2.24) is 0 Å². The van der Waals surface area contributed by atoms with Gasteiger partial charge in [-0.1, -0.05) is 0 Å². The summed E-state index contributed by atoms with van der Waals surface area (Å²) in [5, 5.41) is 2.57. The Bertz CT molecular complexity index is 311. The molecule has 0 heterocycles. The Morgan fingerprint density at radius 1 is 1.29 bits per heavy atom. The first-order valence-corrected chi connectivity index (χ1v) is 3.93. The fourth-order valence-electron chi connectivity index (χ4n) is 0.926. The number of hydrogen-bond donors (Lipinski definition) is 2. The van der Waals surface area contributed by atoms with Crippen molar-refractivity contribution in [3.05, 3.63) is 24.3 Å². The summed E-state index contributed by atoms with van der Waals surface area (Å²) in [5.74, 6) is 0.181. The second-order valence-corrected chi connectivity index (χ2v) is 2.63. The lowest BCUT2D eigenvalue weighted by atomic mass is 10.3. The van der Waals surface area contributed by atoms with Gasteiger partial charge in [0.2, 0.25) is 5.91 Å². The van der Waals surface area contributed by atoms with Crippen LogP contribution >= 0.6 is 0 Å². The van der Waals surface area contributed by atoms with Gasteiger partial charge in [-0.25, -0.2) is 4.79 Å². The molecule has 74 valence electrons. The minimum Gasteiger partial charge on any atom is -0.411 e. The van der Waals surface area contributed by atoms with E-state index < -0.39 is 6.09 Å². The molecule has 0 saturated carbocycles. The van der Waals surface area contributed by atoms with Crippen LogP contribution < -0.4 is 15.8 Å². The van der Waals surface area contributed by atoms with Gasteiger partial charge in [-0.3, -0.25) is 4.79 Å². The average molecular weight is 194 g/mol. The van der Waals surface area contributed by atoms with Crippen LogP contribution in [0.15, 0.2) is 24.3 Å². The highest BCUT2D eigenvalue weighted by atomic mass is 16.5. The lowest BCUT2D eigenvalue weighted by molar-refractivity contribution is -0.114. The van der Waals surface area contributed by atoms with Crippen molar-refractivity contribution < 1.29 is 14.3 Å². The molecule has 0 bridgehead atoms. The van der Waals surface area contributed by atoms with E-state index in [1.54, 1.807) is 12.1 Å². The topological polar surface area (TPSA) is 81.4 Å². The molecule has 0 radical (unpaired) electrons. The normalized spacial score (nSPS) is 9.21. The van der Waals surface area contributed by atoms with Crippen LogP contribution in [0.5, 0.6) is 5.75 Å². The number of nitrogens with one attached hydrogen (secondary N) is 1. The number of rotatable bonds is 2. The van der Waals surface area contributed by atoms with Crippen LogP contribution in [0.1, 0.15) is 6.92 Å². The summed E-state index contributed by atoms with van der Waals surface area (Å²) in [6.07, 6.45) is -0.864. The molecule has 5 nitrogen and oxygen atoms in total. The first-order chi connectivity index (χ1) is 6.58. The van der Waals surface area contributed by atoms with Crippen molar-refractivity contribution in [2.24, 2.45) is 5.73 Å². The minimum atomic E-state index is -0.864. The highest BCUT2D eigenvalue weighted by molar-refractivity contribution is 5.88. The van der Waals surface area contributed by atoms with Crippen molar-refractivity contribution in [3.8, 4) is 5.75 Å². The molecule has 14 heavy (non-hydrogen) atoms. The van der Waals surface area contributed by atoms with Crippen molar-refractivity contribution >= 4 is 17.7 Å². The van der Waals surface area contributed by atoms with Crippen LogP contribution in [0.2, 0.25) is 0 Å². The van der Waals surface area contributed by atoms with Crippen LogP contribution in [-0.2, 0) is 4.79 Å². The maximum atomic E-state index is 10.7. The smallest absolute Gasteiger partial charge is 0.409 e. The number of anilines is 1. The zero-order chi connectivity index (χ0) is 10.6. The van der Waals surface area contributed by atoms with Gasteiger partial charge in [0.25, 0.3) is 0 Å². The molecule has 1 rings (SSSR count). The molecule has 0 unspecified atom stereocenters. The SMILES string of the molecule is CC(=O)Nc1ccc(OC(N)=O)cc1. The monoisotopic (exact) mass is 194 g/mol. The van der Waals surface area contributed by atoms with Gasteiger partial charge in [0.05, 0.1) is 0 Å². The third-order valence-electron chi connectivity index (χ3n) is 1.39. The number of carbonyl (C=O) groups excluding carboxylic acids is 2. The highest BCUT2D eigenvalue weighted by Crippen LogP contribution is 2.15. The molecule has 0 saturated heterocycles. The zero-order valence-electron chi connectivity index (χ0n) is 7.61. The molecule has 5 heteroatoms. The van der Waals surface area contributed by atoms with E-state index in [0.717, 1.165) is 0 Å². The lowest BCUT2D eigenvalue weighted by Gasteiger charge is -2.03. The van der Waals surface area contributed by atoms with Gasteiger partial charge >= 0.3 is 6.09 Å². The fourth-order valence-corrected chi connectivity index (χ4v) is 0.926. The predicted octanol–water partition coefficient (Wildman–Crippen LogP) is 1.10. The summed E-state index contributed by atoms with van der Waals surface area (Å²) in [6.45, 7) is 1.41. The van der Waals surface area contributed by atoms with Crippen LogP contribution in [0.3, 0.4) is 0 Å². The zero-order valence-corrected chi connectivity index (χ0v) is 7.61. The van der Waals surface area contributed by atoms with Gasteiger partial charge in [-0.05, 0) is 24.3 Å². The van der Waals surface area contributed by atoms with Crippen LogP contribution in [-0.4, -0.2) is 12.0 Å². The Morgan fingerprint density at radius 3 is 2.29 bits per heavy atom. The largest absolute Gasteiger partial charge is 0.411 e. The van der Waals surface area contributed by atoms with Crippen LogP contribution in [0.4, 0.5) is 10.5 Å². The van der Waals surface area contributed by atoms with E-state index in [9.17, 15) is 9.59 Å². The first-order valence-electron chi connectivity index (χ1n) is 3.93. The Kier molecular flexibility index (Phi) is 3.06. The van der Waals surface area contributed by atoms with Gasteiger partial charge < -0.3 is 15.8 Å². The predicted molar refractivity (Wildman–Crippen MR) is 51.0 cm³/mol. The van der Waals surface area contributed by atoms with E-state index in [2.05, 4.69) is 10.1 Å². The quantitative estimate of drug-likeness (QED) is 0.739. The molecule has 0 fully saturated rings. The Balaban J connectivity index is 2.68. The Hall–Kier alpha value is -2.04. The lowest BCUT2D eigenvalue weighted by Crippen LogP contribution is -2.16. The molecular weight excluding hydrogens is 184 g/mol. The number of hydrogen-bond acceptors (Lipinski definition) is 3. The van der Waals surface area contributed by atoms with Crippen molar-refractivity contribution in [3.63, 3.8) is 0 Å². The summed E-state index contributed by atoms with van der Waals surface area (Å²) in [4.78, 5) is 21.0. The van der Waals surface area contributed by atoms with Gasteiger partial charge in [-0.2, -0.15) is 0 Å². The van der Waals surface area contributed by atoms with Crippen molar-refractivity contribution in [2.45, 2.75) is 6.92 Å². The molecule has 0 aliphatic heterocycles. The summed E-state index contributed by atoms with van der Waals surface area (Å²) >= 11 is 0. The maximum absolute atomic E-state index is 10.7. The second-order valence-electron chi connectivity index (χ2n) is 2.63. The summed E-state index contributed by atoms with van der Waals surface area (Å²) in [7, 11) is 0. The number of nitrogens with two attached hydrogens (primary N) is 1. The van der Waals surface area contributed by atoms with E-state index >= 15 is 0 Å². The Morgan fingerprint density at radius 2 is 1.86 bits per heavy atom. The van der Waals surface area contributed by atoms with Gasteiger partial charge in [0.15, 0.2) is 0 Å². The van der Waals surface area contributed by atoms with Crippen molar-refractivity contribution in [1.29, 1.82) is 0 Å². The molecule has 0 aliphatic carbocycles. The molecule has 0 atom stereocenters. The third kappa shape index (κ3) is 3.14. The molecule has 1 aromatic rings. The third-order valence-corrected chi connectivity index (χ3v) is 1.39. The van der Waals surface area contributed by atoms with Gasteiger partial charge in [0.1, 0.15) is 5.75 Å². The highest BCUT2D eigenvalue weighted by Gasteiger charge is 1.99. The Labute approximate surface area is 80.9 Å². The molecule has 1 aromatic carbocycles. The number of amides is 2. The number of benzene rings is 1. The van der Waals surface area contributed by atoms with Gasteiger partial charge in [0, 0.05) is 12.6 Å². The number of primary amides is 1. The molecular formula is C9H10N2O3. The number of carbonyl (C=O) groups is 2. The summed E-state index contributed by atoms with van der Waals surface area (Å²) in [6, 6.07) is 6.30. The van der Waals surface area contributed by atoms with Crippen LogP contribution in [0, 0.1) is 0 Å². The number of ether oxygens (including phenoxy) is 1. The fraction of sp³-hybridized carbons (Fsp3) is 0.111. The molecule has 0 aromatic heterocycles. The van der Waals surface area contributed by atoms with Crippen LogP contribution in [0.25, 0.3) is 0 Å². The summed E-state index contributed by atoms with van der Waals surface area (Å²) in [5.41, 5.74) is 5.45. The maximum Gasteiger partial charge on any atom is 0.409 e. The molecule has 0 aliphatic rings. The summed E-state index contributed by atoms with van der Waals surface area (Å²) < 4.78 is 4.60. The second kappa shape index (κ2) is 4.27. The van der Waals surface area contributed by atoms with Crippen molar-refractivity contribution in [2.75, 3.05) is 5.32 Å². The van der Waals surface area contributed by atoms with Gasteiger partial charge in [-0.15, -0.1) is 0 Å². The van der Waals surface area contributed by atoms with E-state index in [1.165, 1.54) is 19.1 Å². The van der Waals surface area contributed by atoms with E-state index in [0.29, 0.717) is 11.4 Å². The first kappa shape index (κ1) is 10.0. The minimum absolute atomic E-state index is 0.159. The molecule has 2 amide bonds. The molecule has 0 spiro atoms. The van der Waals surface area contributed by atoms with E-state index in [1.807, 2.05) is 0 Å². The van der Waals surface area contributed by atoms with E-state index in [4.69, 9.17) is 5.73 Å². The molecule has 3 N–H and O–H groups in total. The average Bonchev–Trinajstić information content (AvgIpc) is 2.06.